The van der Waals surface area contributed by atoms with Gasteiger partial charge >= 0.3 is 0 Å². The summed E-state index contributed by atoms with van der Waals surface area (Å²) in [5.74, 6) is -1.41. The normalized spacial score (nSPS) is 11.5. The Kier molecular flexibility index (Phi) is 5.91. The molecule has 0 aliphatic carbocycles. The van der Waals surface area contributed by atoms with Crippen LogP contribution in [0.25, 0.3) is 0 Å². The lowest BCUT2D eigenvalue weighted by molar-refractivity contribution is 0.101. The van der Waals surface area contributed by atoms with Gasteiger partial charge in [0.1, 0.15) is 16.3 Å². The zero-order valence-corrected chi connectivity index (χ0v) is 16.9. The Labute approximate surface area is 171 Å². The molecule has 27 heavy (non-hydrogen) atoms. The molecule has 3 aromatic rings. The van der Waals surface area contributed by atoms with E-state index in [0.717, 1.165) is 5.56 Å². The van der Waals surface area contributed by atoms with Crippen molar-refractivity contribution in [2.75, 3.05) is 5.75 Å². The summed E-state index contributed by atoms with van der Waals surface area (Å²) in [5, 5.41) is 0.579. The van der Waals surface area contributed by atoms with E-state index in [4.69, 9.17) is 34.8 Å². The number of imidazole rings is 1. The number of aromatic nitrogens is 2. The van der Waals surface area contributed by atoms with Crippen LogP contribution in [0.4, 0.5) is 0 Å². The largest absolute Gasteiger partial charge is 0.332 e. The van der Waals surface area contributed by atoms with Crippen LogP contribution < -0.4 is 0 Å². The second-order valence-electron chi connectivity index (χ2n) is 5.79. The van der Waals surface area contributed by atoms with Gasteiger partial charge in [0.2, 0.25) is 0 Å². The Bertz CT molecular complexity index is 1070. The Morgan fingerprint density at radius 2 is 1.63 bits per heavy atom. The smallest absolute Gasteiger partial charge is 0.198 e. The van der Waals surface area contributed by atoms with Gasteiger partial charge in [-0.05, 0) is 29.8 Å². The van der Waals surface area contributed by atoms with Crippen LogP contribution in [0.2, 0.25) is 15.1 Å². The van der Waals surface area contributed by atoms with E-state index in [9.17, 15) is 13.2 Å². The molecule has 140 valence electrons. The molecule has 0 spiro atoms. The molecule has 0 aliphatic heterocycles. The van der Waals surface area contributed by atoms with Gasteiger partial charge in [0.05, 0.1) is 16.4 Å². The van der Waals surface area contributed by atoms with Crippen LogP contribution in [0.5, 0.6) is 0 Å². The molecule has 1 heterocycles. The quantitative estimate of drug-likeness (QED) is 0.524. The average Bonchev–Trinajstić information content (AvgIpc) is 3.05. The van der Waals surface area contributed by atoms with Crippen LogP contribution in [-0.4, -0.2) is 29.5 Å². The number of halogens is 3. The summed E-state index contributed by atoms with van der Waals surface area (Å²) in [6, 6.07) is 11.6. The van der Waals surface area contributed by atoms with E-state index in [2.05, 4.69) is 4.98 Å². The maximum Gasteiger partial charge on any atom is 0.198 e. The minimum absolute atomic E-state index is 0.0245. The summed E-state index contributed by atoms with van der Waals surface area (Å²) in [4.78, 5) is 16.2. The number of carbonyl (C=O) groups is 1. The van der Waals surface area contributed by atoms with Crippen molar-refractivity contribution in [1.82, 2.24) is 9.55 Å². The van der Waals surface area contributed by atoms with Crippen molar-refractivity contribution < 1.29 is 13.2 Å². The number of carbonyl (C=O) groups excluding carboxylic acids is 1. The van der Waals surface area contributed by atoms with Crippen molar-refractivity contribution in [2.24, 2.45) is 0 Å². The Morgan fingerprint density at radius 1 is 1.00 bits per heavy atom. The van der Waals surface area contributed by atoms with Gasteiger partial charge in [-0.15, -0.1) is 0 Å². The Balaban J connectivity index is 1.77. The first-order valence-corrected chi connectivity index (χ1v) is 10.5. The van der Waals surface area contributed by atoms with E-state index in [1.54, 1.807) is 16.7 Å². The van der Waals surface area contributed by atoms with Gasteiger partial charge in [-0.2, -0.15) is 0 Å². The highest BCUT2D eigenvalue weighted by Gasteiger charge is 2.26. The summed E-state index contributed by atoms with van der Waals surface area (Å²) in [6.07, 6.45) is 2.97. The molecule has 0 N–H and O–H groups in total. The summed E-state index contributed by atoms with van der Waals surface area (Å²) >= 11 is 17.7. The summed E-state index contributed by atoms with van der Waals surface area (Å²) in [5.41, 5.74) is 1.02. The second-order valence-corrected chi connectivity index (χ2v) is 8.97. The zero-order chi connectivity index (χ0) is 19.6. The lowest BCUT2D eigenvalue weighted by Crippen LogP contribution is -2.17. The molecule has 0 radical (unpaired) electrons. The summed E-state index contributed by atoms with van der Waals surface area (Å²) in [6.45, 7) is 0.473. The minimum atomic E-state index is -4.00. The number of sulfone groups is 1. The van der Waals surface area contributed by atoms with Crippen LogP contribution in [0.15, 0.2) is 59.9 Å². The fourth-order valence-corrected chi connectivity index (χ4v) is 5.09. The van der Waals surface area contributed by atoms with E-state index < -0.39 is 21.4 Å². The van der Waals surface area contributed by atoms with Crippen molar-refractivity contribution in [3.05, 3.63) is 81.3 Å². The van der Waals surface area contributed by atoms with Crippen LogP contribution in [0, 0.1) is 0 Å². The van der Waals surface area contributed by atoms with Crippen molar-refractivity contribution in [3.63, 3.8) is 0 Å². The number of benzene rings is 2. The van der Waals surface area contributed by atoms with Crippen molar-refractivity contribution in [1.29, 1.82) is 0 Å². The first-order chi connectivity index (χ1) is 12.8. The summed E-state index contributed by atoms with van der Waals surface area (Å²) in [7, 11) is -4.00. The van der Waals surface area contributed by atoms with E-state index in [-0.39, 0.29) is 20.6 Å². The fraction of sp³-hybridized carbons (Fsp3) is 0.111. The second kappa shape index (κ2) is 8.02. The number of ketones is 1. The van der Waals surface area contributed by atoms with Crippen LogP contribution in [0.3, 0.4) is 0 Å². The highest BCUT2D eigenvalue weighted by atomic mass is 35.5. The summed E-state index contributed by atoms with van der Waals surface area (Å²) < 4.78 is 26.8. The number of hydrogen-bond donors (Lipinski definition) is 0. The van der Waals surface area contributed by atoms with Crippen LogP contribution in [0.1, 0.15) is 16.1 Å². The molecule has 9 heteroatoms. The lowest BCUT2D eigenvalue weighted by Gasteiger charge is -2.07. The molecule has 0 fully saturated rings. The van der Waals surface area contributed by atoms with E-state index in [0.29, 0.717) is 11.6 Å². The molecule has 0 saturated heterocycles. The first kappa shape index (κ1) is 19.9. The third-order valence-corrected chi connectivity index (χ3v) is 6.56. The minimum Gasteiger partial charge on any atom is -0.332 e. The number of hydrogen-bond acceptors (Lipinski definition) is 4. The van der Waals surface area contributed by atoms with Crippen molar-refractivity contribution in [2.45, 2.75) is 11.4 Å². The Hall–Kier alpha value is -1.86. The standard InChI is InChI=1S/C18H13Cl3N2O3S/c19-13-6-4-12(5-7-13)8-23-9-16(22-11-23)17(24)10-27(25,26)18-14(20)2-1-3-15(18)21/h1-7,9,11H,8,10H2. The molecule has 0 aliphatic rings. The monoisotopic (exact) mass is 442 g/mol. The molecule has 5 nitrogen and oxygen atoms in total. The number of nitrogens with zero attached hydrogens (tertiary/aromatic N) is 2. The van der Waals surface area contributed by atoms with Gasteiger partial charge in [0.15, 0.2) is 15.6 Å². The van der Waals surface area contributed by atoms with E-state index >= 15 is 0 Å². The van der Waals surface area contributed by atoms with Gasteiger partial charge in [0.25, 0.3) is 0 Å². The molecule has 1 aromatic heterocycles. The highest BCUT2D eigenvalue weighted by Crippen LogP contribution is 2.30. The van der Waals surface area contributed by atoms with E-state index in [1.807, 2.05) is 12.1 Å². The van der Waals surface area contributed by atoms with E-state index in [1.165, 1.54) is 30.7 Å². The molecular weight excluding hydrogens is 431 g/mol. The number of rotatable bonds is 6. The van der Waals surface area contributed by atoms with Crippen molar-refractivity contribution >= 4 is 50.4 Å². The topological polar surface area (TPSA) is 69.0 Å². The van der Waals surface area contributed by atoms with Crippen molar-refractivity contribution in [3.8, 4) is 0 Å². The predicted octanol–water partition coefficient (Wildman–Crippen LogP) is 4.55. The maximum atomic E-state index is 12.6. The molecule has 2 aromatic carbocycles. The zero-order valence-electron chi connectivity index (χ0n) is 13.8. The first-order valence-electron chi connectivity index (χ1n) is 7.72. The highest BCUT2D eigenvalue weighted by molar-refractivity contribution is 7.92. The third kappa shape index (κ3) is 4.71. The molecule has 0 unspecified atom stereocenters. The van der Waals surface area contributed by atoms with Gasteiger partial charge < -0.3 is 4.57 Å². The molecular formula is C18H13Cl3N2O3S. The molecule has 0 bridgehead atoms. The number of Topliss-reactive ketones (excluding diaryl/α,β-unsaturated/α-hetero) is 1. The van der Waals surface area contributed by atoms with Gasteiger partial charge in [0, 0.05) is 17.8 Å². The maximum absolute atomic E-state index is 12.6. The molecule has 3 rings (SSSR count). The SMILES string of the molecule is O=C(CS(=O)(=O)c1c(Cl)cccc1Cl)c1cn(Cc2ccc(Cl)cc2)cn1. The predicted molar refractivity (Wildman–Crippen MR) is 106 cm³/mol. The van der Waals surface area contributed by atoms with Gasteiger partial charge in [-0.1, -0.05) is 53.0 Å². The molecule has 0 amide bonds. The lowest BCUT2D eigenvalue weighted by atomic mass is 10.2. The average molecular weight is 444 g/mol. The fourth-order valence-electron chi connectivity index (χ4n) is 2.49. The molecule has 0 atom stereocenters. The van der Waals surface area contributed by atoms with Gasteiger partial charge in [-0.25, -0.2) is 13.4 Å². The van der Waals surface area contributed by atoms with Crippen LogP contribution >= 0.6 is 34.8 Å². The van der Waals surface area contributed by atoms with Gasteiger partial charge in [-0.3, -0.25) is 4.79 Å². The molecule has 0 saturated carbocycles. The third-order valence-electron chi connectivity index (χ3n) is 3.75. The Morgan fingerprint density at radius 3 is 2.26 bits per heavy atom. The van der Waals surface area contributed by atoms with Crippen LogP contribution in [-0.2, 0) is 16.4 Å².